The molecule has 2 atom stereocenters. The van der Waals surface area contributed by atoms with Gasteiger partial charge in [0, 0.05) is 19.1 Å². The van der Waals surface area contributed by atoms with Crippen LogP contribution in [-0.4, -0.2) is 41.1 Å². The average Bonchev–Trinajstić information content (AvgIpc) is 2.45. The standard InChI is InChI=1S/C15H28N2O3/c1-5-12-6-8-13(9-7-12)17(4)15(20)16-11(3)10(2)14(18)19/h10-13H,5-9H2,1-4H3,(H,16,20)(H,18,19). The Kier molecular flexibility index (Phi) is 6.30. The highest BCUT2D eigenvalue weighted by molar-refractivity contribution is 5.76. The molecule has 1 saturated carbocycles. The van der Waals surface area contributed by atoms with Gasteiger partial charge in [-0.2, -0.15) is 0 Å². The summed E-state index contributed by atoms with van der Waals surface area (Å²) in [6.07, 6.45) is 5.67. The van der Waals surface area contributed by atoms with E-state index < -0.39 is 11.9 Å². The van der Waals surface area contributed by atoms with Crippen molar-refractivity contribution in [3.05, 3.63) is 0 Å². The summed E-state index contributed by atoms with van der Waals surface area (Å²) in [4.78, 5) is 24.8. The number of nitrogens with zero attached hydrogens (tertiary/aromatic N) is 1. The summed E-state index contributed by atoms with van der Waals surface area (Å²) < 4.78 is 0. The molecule has 1 fully saturated rings. The predicted octanol–water partition coefficient (Wildman–Crippen LogP) is 2.71. The van der Waals surface area contributed by atoms with Crippen LogP contribution >= 0.6 is 0 Å². The van der Waals surface area contributed by atoms with Crippen molar-refractivity contribution < 1.29 is 14.7 Å². The van der Waals surface area contributed by atoms with Gasteiger partial charge in [0.15, 0.2) is 0 Å². The molecule has 0 radical (unpaired) electrons. The smallest absolute Gasteiger partial charge is 0.317 e. The lowest BCUT2D eigenvalue weighted by atomic mass is 9.84. The second-order valence-corrected chi connectivity index (χ2v) is 6.06. The van der Waals surface area contributed by atoms with Crippen LogP contribution in [0.1, 0.15) is 52.9 Å². The maximum Gasteiger partial charge on any atom is 0.317 e. The molecule has 5 heteroatoms. The number of nitrogens with one attached hydrogen (secondary N) is 1. The molecule has 0 bridgehead atoms. The van der Waals surface area contributed by atoms with Crippen LogP contribution in [0.4, 0.5) is 4.79 Å². The second-order valence-electron chi connectivity index (χ2n) is 6.06. The van der Waals surface area contributed by atoms with Gasteiger partial charge in [-0.3, -0.25) is 4.79 Å². The van der Waals surface area contributed by atoms with Crippen molar-refractivity contribution in [2.75, 3.05) is 7.05 Å². The molecule has 1 aliphatic rings. The Morgan fingerprint density at radius 1 is 1.25 bits per heavy atom. The third-order valence-electron chi connectivity index (χ3n) is 4.75. The maximum absolute atomic E-state index is 12.2. The van der Waals surface area contributed by atoms with Crippen LogP contribution in [0, 0.1) is 11.8 Å². The summed E-state index contributed by atoms with van der Waals surface area (Å²) in [5, 5.41) is 11.7. The number of rotatable bonds is 5. The summed E-state index contributed by atoms with van der Waals surface area (Å²) in [6, 6.07) is -0.245. The lowest BCUT2D eigenvalue weighted by molar-refractivity contribution is -0.141. The first kappa shape index (κ1) is 16.8. The summed E-state index contributed by atoms with van der Waals surface area (Å²) in [7, 11) is 1.81. The van der Waals surface area contributed by atoms with E-state index in [1.807, 2.05) is 7.05 Å². The minimum Gasteiger partial charge on any atom is -0.481 e. The van der Waals surface area contributed by atoms with E-state index in [1.165, 1.54) is 19.3 Å². The third kappa shape index (κ3) is 4.39. The third-order valence-corrected chi connectivity index (χ3v) is 4.75. The van der Waals surface area contributed by atoms with Crippen molar-refractivity contribution in [3.8, 4) is 0 Å². The average molecular weight is 284 g/mol. The highest BCUT2D eigenvalue weighted by atomic mass is 16.4. The molecule has 1 aliphatic carbocycles. The van der Waals surface area contributed by atoms with Gasteiger partial charge in [0.2, 0.25) is 0 Å². The zero-order chi connectivity index (χ0) is 15.3. The molecule has 0 spiro atoms. The Bertz CT molecular complexity index is 338. The van der Waals surface area contributed by atoms with E-state index in [9.17, 15) is 9.59 Å². The van der Waals surface area contributed by atoms with Crippen molar-refractivity contribution in [1.82, 2.24) is 10.2 Å². The molecule has 0 aromatic carbocycles. The minimum atomic E-state index is -0.885. The predicted molar refractivity (Wildman–Crippen MR) is 78.6 cm³/mol. The lowest BCUT2D eigenvalue weighted by Crippen LogP contribution is -2.49. The highest BCUT2D eigenvalue weighted by Gasteiger charge is 2.28. The van der Waals surface area contributed by atoms with Gasteiger partial charge in [-0.05, 0) is 45.4 Å². The van der Waals surface area contributed by atoms with Gasteiger partial charge in [-0.1, -0.05) is 13.3 Å². The summed E-state index contributed by atoms with van der Waals surface area (Å²) >= 11 is 0. The quantitative estimate of drug-likeness (QED) is 0.815. The Balaban J connectivity index is 2.45. The zero-order valence-corrected chi connectivity index (χ0v) is 13.1. The number of aliphatic carboxylic acids is 1. The van der Waals surface area contributed by atoms with E-state index in [0.717, 1.165) is 18.8 Å². The Labute approximate surface area is 121 Å². The van der Waals surface area contributed by atoms with Gasteiger partial charge in [0.05, 0.1) is 5.92 Å². The molecule has 0 aromatic rings. The lowest BCUT2D eigenvalue weighted by Gasteiger charge is -2.35. The normalized spacial score (nSPS) is 25.6. The number of carbonyl (C=O) groups excluding carboxylic acids is 1. The highest BCUT2D eigenvalue weighted by Crippen LogP contribution is 2.28. The number of hydrogen-bond acceptors (Lipinski definition) is 2. The van der Waals surface area contributed by atoms with E-state index in [-0.39, 0.29) is 18.1 Å². The molecule has 2 N–H and O–H groups in total. The van der Waals surface area contributed by atoms with Crippen LogP contribution < -0.4 is 5.32 Å². The van der Waals surface area contributed by atoms with Gasteiger partial charge in [0.1, 0.15) is 0 Å². The largest absolute Gasteiger partial charge is 0.481 e. The van der Waals surface area contributed by atoms with Gasteiger partial charge in [-0.15, -0.1) is 0 Å². The Morgan fingerprint density at radius 2 is 1.80 bits per heavy atom. The fourth-order valence-electron chi connectivity index (χ4n) is 2.74. The molecule has 0 heterocycles. The van der Waals surface area contributed by atoms with Crippen LogP contribution in [0.15, 0.2) is 0 Å². The second kappa shape index (κ2) is 7.50. The number of hydrogen-bond donors (Lipinski definition) is 2. The number of carboxylic acids is 1. The van der Waals surface area contributed by atoms with Crippen molar-refractivity contribution in [3.63, 3.8) is 0 Å². The van der Waals surface area contributed by atoms with Crippen molar-refractivity contribution in [2.24, 2.45) is 11.8 Å². The Morgan fingerprint density at radius 3 is 2.25 bits per heavy atom. The monoisotopic (exact) mass is 284 g/mol. The first-order valence-electron chi connectivity index (χ1n) is 7.62. The molecular weight excluding hydrogens is 256 g/mol. The molecule has 20 heavy (non-hydrogen) atoms. The maximum atomic E-state index is 12.2. The molecule has 0 aliphatic heterocycles. The van der Waals surface area contributed by atoms with Crippen molar-refractivity contribution >= 4 is 12.0 Å². The molecule has 1 rings (SSSR count). The topological polar surface area (TPSA) is 69.6 Å². The van der Waals surface area contributed by atoms with Gasteiger partial charge < -0.3 is 15.3 Å². The molecule has 2 amide bonds. The molecule has 5 nitrogen and oxygen atoms in total. The van der Waals surface area contributed by atoms with Crippen LogP contribution in [0.5, 0.6) is 0 Å². The molecule has 116 valence electrons. The van der Waals surface area contributed by atoms with E-state index >= 15 is 0 Å². The van der Waals surface area contributed by atoms with E-state index in [2.05, 4.69) is 12.2 Å². The van der Waals surface area contributed by atoms with Crippen LogP contribution in [0.25, 0.3) is 0 Å². The van der Waals surface area contributed by atoms with E-state index in [0.29, 0.717) is 0 Å². The first-order valence-corrected chi connectivity index (χ1v) is 7.62. The summed E-state index contributed by atoms with van der Waals surface area (Å²) in [5.41, 5.74) is 0. The number of carboxylic acid groups (broad SMARTS) is 1. The zero-order valence-electron chi connectivity index (χ0n) is 13.1. The van der Waals surface area contributed by atoms with Gasteiger partial charge in [-0.25, -0.2) is 4.79 Å². The van der Waals surface area contributed by atoms with E-state index in [1.54, 1.807) is 18.7 Å². The summed E-state index contributed by atoms with van der Waals surface area (Å²) in [5.74, 6) is -0.666. The number of carbonyl (C=O) groups is 2. The van der Waals surface area contributed by atoms with Gasteiger partial charge in [0.25, 0.3) is 0 Å². The van der Waals surface area contributed by atoms with E-state index in [4.69, 9.17) is 5.11 Å². The van der Waals surface area contributed by atoms with Crippen LogP contribution in [0.3, 0.4) is 0 Å². The molecular formula is C15H28N2O3. The fourth-order valence-corrected chi connectivity index (χ4v) is 2.74. The summed E-state index contributed by atoms with van der Waals surface area (Å²) in [6.45, 7) is 5.56. The minimum absolute atomic E-state index is 0.162. The first-order chi connectivity index (χ1) is 9.36. The number of urea groups is 1. The Hall–Kier alpha value is -1.26. The van der Waals surface area contributed by atoms with Crippen LogP contribution in [-0.2, 0) is 4.79 Å². The fraction of sp³-hybridized carbons (Fsp3) is 0.867. The SMILES string of the molecule is CCC1CCC(N(C)C(=O)NC(C)C(C)C(=O)O)CC1. The molecule has 2 unspecified atom stereocenters. The van der Waals surface area contributed by atoms with Crippen molar-refractivity contribution in [2.45, 2.75) is 65.0 Å². The van der Waals surface area contributed by atoms with Crippen LogP contribution in [0.2, 0.25) is 0 Å². The molecule has 0 saturated heterocycles. The van der Waals surface area contributed by atoms with Gasteiger partial charge >= 0.3 is 12.0 Å². The molecule has 0 aromatic heterocycles. The number of amides is 2. The van der Waals surface area contributed by atoms with Crippen molar-refractivity contribution in [1.29, 1.82) is 0 Å².